The van der Waals surface area contributed by atoms with E-state index in [1.807, 2.05) is 27.7 Å². The quantitative estimate of drug-likeness (QED) is 0.352. The van der Waals surface area contributed by atoms with E-state index in [0.717, 1.165) is 6.26 Å². The van der Waals surface area contributed by atoms with Gasteiger partial charge in [0.15, 0.2) is 9.84 Å². The van der Waals surface area contributed by atoms with Crippen molar-refractivity contribution in [2.75, 3.05) is 6.26 Å². The van der Waals surface area contributed by atoms with Crippen LogP contribution in [-0.2, 0) is 19.1 Å². The number of pyridine rings is 1. The van der Waals surface area contributed by atoms with Gasteiger partial charge in [0, 0.05) is 41.2 Å². The Kier molecular flexibility index (Phi) is 7.55. The Bertz CT molecular complexity index is 1410. The molecule has 204 valence electrons. The Balaban J connectivity index is 1.82. The second-order valence-corrected chi connectivity index (χ2v) is 13.8. The molecule has 2 aliphatic heterocycles. The number of alkyl halides is 3. The van der Waals surface area contributed by atoms with Gasteiger partial charge in [0.05, 0.1) is 26.8 Å². The van der Waals surface area contributed by atoms with Crippen LogP contribution in [0.5, 0.6) is 0 Å². The number of sulfone groups is 1. The largest absolute Gasteiger partial charge is 0.598 e. The highest BCUT2D eigenvalue weighted by Gasteiger charge is 2.55. The van der Waals surface area contributed by atoms with Gasteiger partial charge in [0.25, 0.3) is 0 Å². The molecule has 6 nitrogen and oxygen atoms in total. The van der Waals surface area contributed by atoms with E-state index in [9.17, 15) is 21.6 Å². The third-order valence-corrected chi connectivity index (χ3v) is 9.15. The SMILES string of the molecule is CC1=C(SC(F)(F)F)CC(c2ncc(Cl)cc2-c2ccc(S(C)(=O)=O)cc2)=CN1B1OC(C)(C)C(C)(C)O1. The van der Waals surface area contributed by atoms with Crippen LogP contribution in [0, 0.1) is 0 Å². The number of rotatable bonds is 5. The van der Waals surface area contributed by atoms with Crippen LogP contribution in [0.2, 0.25) is 5.02 Å². The molecule has 0 bridgehead atoms. The molecule has 0 unspecified atom stereocenters. The molecule has 0 spiro atoms. The number of aromatic nitrogens is 1. The fourth-order valence-corrected chi connectivity index (χ4v) is 5.64. The van der Waals surface area contributed by atoms with Crippen molar-refractivity contribution in [3.8, 4) is 11.1 Å². The fraction of sp³-hybridized carbons (Fsp3) is 0.400. The van der Waals surface area contributed by atoms with Crippen molar-refractivity contribution in [1.82, 2.24) is 9.79 Å². The van der Waals surface area contributed by atoms with E-state index in [1.54, 1.807) is 36.1 Å². The minimum absolute atomic E-state index is 0.0327. The van der Waals surface area contributed by atoms with Crippen molar-refractivity contribution in [3.63, 3.8) is 0 Å². The second-order valence-electron chi connectivity index (χ2n) is 10.2. The first-order valence-electron chi connectivity index (χ1n) is 11.6. The van der Waals surface area contributed by atoms with Gasteiger partial charge < -0.3 is 14.1 Å². The molecule has 0 saturated carbocycles. The number of hydrogen-bond acceptors (Lipinski definition) is 7. The lowest BCUT2D eigenvalue weighted by molar-refractivity contribution is -0.0323. The average molecular weight is 587 g/mol. The molecule has 3 heterocycles. The van der Waals surface area contributed by atoms with Gasteiger partial charge in [-0.15, -0.1) is 0 Å². The molecule has 38 heavy (non-hydrogen) atoms. The first-order valence-corrected chi connectivity index (χ1v) is 14.7. The molecular weight excluding hydrogens is 560 g/mol. The Morgan fingerprint density at radius 2 is 1.68 bits per heavy atom. The summed E-state index contributed by atoms with van der Waals surface area (Å²) in [5.74, 6) is 0. The minimum Gasteiger partial charge on any atom is -0.384 e. The first kappa shape index (κ1) is 29.0. The molecule has 1 saturated heterocycles. The number of allylic oxidation sites excluding steroid dienone is 3. The van der Waals surface area contributed by atoms with Gasteiger partial charge in [-0.2, -0.15) is 13.2 Å². The average Bonchev–Trinajstić information content (AvgIpc) is 3.00. The Morgan fingerprint density at radius 3 is 2.21 bits per heavy atom. The van der Waals surface area contributed by atoms with Crippen LogP contribution in [0.1, 0.15) is 46.7 Å². The van der Waals surface area contributed by atoms with Gasteiger partial charge in [0.2, 0.25) is 0 Å². The molecule has 2 aliphatic rings. The molecule has 0 radical (unpaired) electrons. The normalized spacial score (nSPS) is 19.7. The van der Waals surface area contributed by atoms with Crippen molar-refractivity contribution in [2.45, 2.75) is 62.6 Å². The lowest BCUT2D eigenvalue weighted by atomic mass is 9.90. The Hall–Kier alpha value is -1.99. The number of halogens is 4. The van der Waals surface area contributed by atoms with E-state index >= 15 is 0 Å². The predicted octanol–water partition coefficient (Wildman–Crippen LogP) is 6.93. The maximum Gasteiger partial charge on any atom is 0.598 e. The maximum atomic E-state index is 13.6. The summed E-state index contributed by atoms with van der Waals surface area (Å²) in [5.41, 5.74) is -3.47. The van der Waals surface area contributed by atoms with Gasteiger partial charge in [-0.1, -0.05) is 23.7 Å². The maximum absolute atomic E-state index is 13.6. The lowest BCUT2D eigenvalue weighted by Gasteiger charge is -2.32. The number of benzene rings is 1. The summed E-state index contributed by atoms with van der Waals surface area (Å²) in [6, 6.07) is 7.83. The van der Waals surface area contributed by atoms with E-state index in [1.165, 1.54) is 18.3 Å². The van der Waals surface area contributed by atoms with Crippen LogP contribution in [0.3, 0.4) is 0 Å². The summed E-state index contributed by atoms with van der Waals surface area (Å²) in [4.78, 5) is 6.28. The zero-order chi connectivity index (χ0) is 28.3. The van der Waals surface area contributed by atoms with Gasteiger partial charge in [-0.3, -0.25) is 4.98 Å². The summed E-state index contributed by atoms with van der Waals surface area (Å²) in [6.07, 6.45) is 4.20. The Morgan fingerprint density at radius 1 is 1.11 bits per heavy atom. The zero-order valence-electron chi connectivity index (χ0n) is 21.7. The molecule has 0 atom stereocenters. The van der Waals surface area contributed by atoms with E-state index in [0.29, 0.717) is 33.1 Å². The van der Waals surface area contributed by atoms with E-state index in [2.05, 4.69) is 4.98 Å². The molecule has 13 heteroatoms. The summed E-state index contributed by atoms with van der Waals surface area (Å²) in [6.45, 7) is 9.07. The Labute approximate surface area is 230 Å². The summed E-state index contributed by atoms with van der Waals surface area (Å²) < 4.78 is 76.8. The number of nitrogens with zero attached hydrogens (tertiary/aromatic N) is 2. The molecule has 0 amide bonds. The van der Waals surface area contributed by atoms with Crippen molar-refractivity contribution in [1.29, 1.82) is 0 Å². The topological polar surface area (TPSA) is 68.7 Å². The van der Waals surface area contributed by atoms with E-state index in [4.69, 9.17) is 20.9 Å². The number of thioether (sulfide) groups is 1. The molecule has 0 N–H and O–H groups in total. The van der Waals surface area contributed by atoms with Gasteiger partial charge in [0.1, 0.15) is 0 Å². The van der Waals surface area contributed by atoms with Crippen LogP contribution in [0.25, 0.3) is 16.7 Å². The van der Waals surface area contributed by atoms with E-state index in [-0.39, 0.29) is 28.0 Å². The van der Waals surface area contributed by atoms with Crippen molar-refractivity contribution >= 4 is 46.0 Å². The molecule has 1 fully saturated rings. The monoisotopic (exact) mass is 586 g/mol. The highest BCUT2D eigenvalue weighted by Crippen LogP contribution is 2.47. The second kappa shape index (κ2) is 9.89. The summed E-state index contributed by atoms with van der Waals surface area (Å²) in [5, 5.41) is 0.326. The highest BCUT2D eigenvalue weighted by molar-refractivity contribution is 8.03. The molecule has 1 aromatic carbocycles. The molecule has 2 aromatic rings. The summed E-state index contributed by atoms with van der Waals surface area (Å²) >= 11 is 6.07. The van der Waals surface area contributed by atoms with Crippen LogP contribution in [0.15, 0.2) is 58.2 Å². The van der Waals surface area contributed by atoms with E-state index < -0.39 is 33.8 Å². The minimum atomic E-state index is -4.50. The lowest BCUT2D eigenvalue weighted by Crippen LogP contribution is -2.41. The van der Waals surface area contributed by atoms with Crippen LogP contribution >= 0.6 is 23.4 Å². The molecule has 1 aromatic heterocycles. The first-order chi connectivity index (χ1) is 17.4. The summed E-state index contributed by atoms with van der Waals surface area (Å²) in [7, 11) is -4.36. The fourth-order valence-electron chi connectivity index (χ4n) is 4.09. The van der Waals surface area contributed by atoms with Crippen molar-refractivity contribution in [3.05, 3.63) is 64.0 Å². The smallest absolute Gasteiger partial charge is 0.384 e. The third-order valence-electron chi connectivity index (χ3n) is 6.90. The third kappa shape index (κ3) is 5.94. The molecule has 4 rings (SSSR count). The number of hydrogen-bond donors (Lipinski definition) is 0. The van der Waals surface area contributed by atoms with Crippen LogP contribution < -0.4 is 0 Å². The highest BCUT2D eigenvalue weighted by atomic mass is 35.5. The standard InChI is InChI=1S/C25H27BClF3N2O4S2/c1-15-21(37-25(28,29)30)11-17(14-32(15)26-35-23(2,3)24(4,5)36-26)22-20(12-18(27)13-31-22)16-7-9-19(10-8-16)38(6,33)34/h7-10,12-14H,11H2,1-6H3. The zero-order valence-corrected chi connectivity index (χ0v) is 24.1. The van der Waals surface area contributed by atoms with Gasteiger partial charge >= 0.3 is 12.8 Å². The predicted molar refractivity (Wildman–Crippen MR) is 145 cm³/mol. The van der Waals surface area contributed by atoms with Crippen molar-refractivity contribution < 1.29 is 30.9 Å². The molecular formula is C25H27BClF3N2O4S2. The van der Waals surface area contributed by atoms with Crippen LogP contribution in [0.4, 0.5) is 13.2 Å². The molecule has 0 aliphatic carbocycles. The van der Waals surface area contributed by atoms with Crippen molar-refractivity contribution in [2.24, 2.45) is 0 Å². The van der Waals surface area contributed by atoms with Crippen LogP contribution in [-0.4, -0.2) is 48.4 Å². The van der Waals surface area contributed by atoms with Gasteiger partial charge in [-0.05, 0) is 75.7 Å². The van der Waals surface area contributed by atoms with Gasteiger partial charge in [-0.25, -0.2) is 8.42 Å².